The average molecular weight is 382 g/mol. The highest BCUT2D eigenvalue weighted by atomic mass is 35.5. The molecule has 0 aliphatic heterocycles. The van der Waals surface area contributed by atoms with Gasteiger partial charge in [0, 0.05) is 25.3 Å². The van der Waals surface area contributed by atoms with Gasteiger partial charge in [-0.1, -0.05) is 43.7 Å². The Bertz CT molecular complexity index is 624. The molecule has 0 heterocycles. The fraction of sp³-hybridized carbons (Fsp3) is 0.429. The maximum absolute atomic E-state index is 13.6. The van der Waals surface area contributed by atoms with Gasteiger partial charge in [-0.25, -0.2) is 4.39 Å². The van der Waals surface area contributed by atoms with Crippen LogP contribution >= 0.6 is 12.4 Å². The van der Waals surface area contributed by atoms with Crippen LogP contribution in [-0.4, -0.2) is 19.8 Å². The molecule has 1 N–H and O–H groups in total. The minimum absolute atomic E-state index is 0. The predicted octanol–water partition coefficient (Wildman–Crippen LogP) is 5.12. The summed E-state index contributed by atoms with van der Waals surface area (Å²) >= 11 is 0. The van der Waals surface area contributed by atoms with Gasteiger partial charge in [-0.05, 0) is 43.1 Å². The largest absolute Gasteiger partial charge is 0.489 e. The summed E-state index contributed by atoms with van der Waals surface area (Å²) in [6.07, 6.45) is 3.31. The molecule has 0 bridgehead atoms. The number of hydrogen-bond donors (Lipinski definition) is 1. The summed E-state index contributed by atoms with van der Waals surface area (Å²) in [5.74, 6) is 0.520. The van der Waals surface area contributed by atoms with Crippen LogP contribution < -0.4 is 10.1 Å². The predicted molar refractivity (Wildman–Crippen MR) is 106 cm³/mol. The van der Waals surface area contributed by atoms with Crippen LogP contribution in [0.25, 0.3) is 0 Å². The first-order chi connectivity index (χ1) is 12.3. The second kappa shape index (κ2) is 13.6. The lowest BCUT2D eigenvalue weighted by atomic mass is 10.2. The summed E-state index contributed by atoms with van der Waals surface area (Å²) in [4.78, 5) is 0. The van der Waals surface area contributed by atoms with Crippen LogP contribution in [0.4, 0.5) is 4.39 Å². The molecule has 0 aromatic heterocycles. The number of benzene rings is 2. The molecule has 0 aliphatic rings. The second-order valence-electron chi connectivity index (χ2n) is 6.02. The number of nitrogens with one attached hydrogen (secondary N) is 1. The van der Waals surface area contributed by atoms with Crippen LogP contribution in [0.2, 0.25) is 0 Å². The minimum Gasteiger partial charge on any atom is -0.489 e. The van der Waals surface area contributed by atoms with Crippen molar-refractivity contribution in [3.8, 4) is 5.75 Å². The lowest BCUT2D eigenvalue weighted by Gasteiger charge is -2.10. The van der Waals surface area contributed by atoms with Crippen molar-refractivity contribution in [1.82, 2.24) is 5.32 Å². The van der Waals surface area contributed by atoms with Gasteiger partial charge in [0.2, 0.25) is 0 Å². The molecule has 0 saturated heterocycles. The monoisotopic (exact) mass is 381 g/mol. The molecule has 0 amide bonds. The highest BCUT2D eigenvalue weighted by molar-refractivity contribution is 5.85. The zero-order valence-electron chi connectivity index (χ0n) is 15.4. The quantitative estimate of drug-likeness (QED) is 0.517. The summed E-state index contributed by atoms with van der Waals surface area (Å²) in [6, 6.07) is 14.6. The summed E-state index contributed by atoms with van der Waals surface area (Å²) in [6.45, 7) is 5.77. The topological polar surface area (TPSA) is 30.5 Å². The molecule has 5 heteroatoms. The first-order valence-electron chi connectivity index (χ1n) is 9.03. The molecule has 0 fully saturated rings. The van der Waals surface area contributed by atoms with Crippen LogP contribution in [0, 0.1) is 5.82 Å². The van der Waals surface area contributed by atoms with E-state index in [4.69, 9.17) is 9.47 Å². The summed E-state index contributed by atoms with van der Waals surface area (Å²) in [5.41, 5.74) is 1.71. The summed E-state index contributed by atoms with van der Waals surface area (Å²) < 4.78 is 24.9. The molecular weight excluding hydrogens is 353 g/mol. The second-order valence-corrected chi connectivity index (χ2v) is 6.02. The Kier molecular flexibility index (Phi) is 11.7. The number of rotatable bonds is 12. The number of unbranched alkanes of at least 4 members (excludes halogenated alkanes) is 1. The third-order valence-electron chi connectivity index (χ3n) is 3.86. The normalized spacial score (nSPS) is 10.4. The molecule has 0 atom stereocenters. The van der Waals surface area contributed by atoms with Gasteiger partial charge in [0.25, 0.3) is 0 Å². The zero-order valence-corrected chi connectivity index (χ0v) is 16.2. The standard InChI is InChI=1S/C21H28FNO2.ClH/c1-2-3-13-24-14-7-12-23-16-18-8-6-10-20(15-18)25-17-19-9-4-5-11-21(19)22;/h4-6,8-11,15,23H,2-3,7,12-14,16-17H2,1H3;1H. The van der Waals surface area contributed by atoms with Gasteiger partial charge in [0.1, 0.15) is 18.2 Å². The van der Waals surface area contributed by atoms with Gasteiger partial charge in [-0.3, -0.25) is 0 Å². The van der Waals surface area contributed by atoms with Gasteiger partial charge < -0.3 is 14.8 Å². The summed E-state index contributed by atoms with van der Waals surface area (Å²) in [7, 11) is 0. The number of ether oxygens (including phenoxy) is 2. The lowest BCUT2D eigenvalue weighted by Crippen LogP contribution is -2.16. The first-order valence-corrected chi connectivity index (χ1v) is 9.03. The Hall–Kier alpha value is -1.62. The van der Waals surface area contributed by atoms with Gasteiger partial charge in [-0.2, -0.15) is 0 Å². The van der Waals surface area contributed by atoms with Crippen LogP contribution in [-0.2, 0) is 17.9 Å². The maximum atomic E-state index is 13.6. The van der Waals surface area contributed by atoms with E-state index in [9.17, 15) is 4.39 Å². The molecule has 0 radical (unpaired) electrons. The van der Waals surface area contributed by atoms with E-state index in [2.05, 4.69) is 18.3 Å². The Morgan fingerprint density at radius 3 is 2.62 bits per heavy atom. The SMILES string of the molecule is CCCCOCCCNCc1cccc(OCc2ccccc2F)c1.Cl. The van der Waals surface area contributed by atoms with Gasteiger partial charge in [-0.15, -0.1) is 12.4 Å². The van der Waals surface area contributed by atoms with Crippen molar-refractivity contribution in [3.63, 3.8) is 0 Å². The molecule has 0 aliphatic carbocycles. The Morgan fingerprint density at radius 2 is 1.81 bits per heavy atom. The third-order valence-corrected chi connectivity index (χ3v) is 3.86. The van der Waals surface area contributed by atoms with Crippen LogP contribution in [0.15, 0.2) is 48.5 Å². The van der Waals surface area contributed by atoms with Crippen molar-refractivity contribution >= 4 is 12.4 Å². The molecule has 144 valence electrons. The molecule has 2 aromatic rings. The van der Waals surface area contributed by atoms with Gasteiger partial charge in [0.15, 0.2) is 0 Å². The molecule has 26 heavy (non-hydrogen) atoms. The molecule has 0 saturated carbocycles. The highest BCUT2D eigenvalue weighted by Gasteiger charge is 2.02. The van der Waals surface area contributed by atoms with Crippen LogP contribution in [0.5, 0.6) is 5.75 Å². The van der Waals surface area contributed by atoms with Crippen molar-refractivity contribution in [1.29, 1.82) is 0 Å². The number of hydrogen-bond acceptors (Lipinski definition) is 3. The van der Waals surface area contributed by atoms with E-state index in [0.717, 1.165) is 50.5 Å². The third kappa shape index (κ3) is 8.65. The molecule has 2 aromatic carbocycles. The van der Waals surface area contributed by atoms with E-state index in [0.29, 0.717) is 5.56 Å². The average Bonchev–Trinajstić information content (AvgIpc) is 2.64. The smallest absolute Gasteiger partial charge is 0.129 e. The molecule has 0 spiro atoms. The van der Waals surface area contributed by atoms with E-state index in [1.165, 1.54) is 12.5 Å². The van der Waals surface area contributed by atoms with Crippen molar-refractivity contribution in [2.75, 3.05) is 19.8 Å². The van der Waals surface area contributed by atoms with E-state index in [1.807, 2.05) is 24.3 Å². The molecule has 2 rings (SSSR count). The lowest BCUT2D eigenvalue weighted by molar-refractivity contribution is 0.129. The van der Waals surface area contributed by atoms with E-state index in [1.54, 1.807) is 12.1 Å². The van der Waals surface area contributed by atoms with E-state index in [-0.39, 0.29) is 24.8 Å². The van der Waals surface area contributed by atoms with E-state index >= 15 is 0 Å². The van der Waals surface area contributed by atoms with Gasteiger partial charge in [0.05, 0.1) is 0 Å². The fourth-order valence-corrected chi connectivity index (χ4v) is 2.40. The maximum Gasteiger partial charge on any atom is 0.129 e. The highest BCUT2D eigenvalue weighted by Crippen LogP contribution is 2.16. The minimum atomic E-state index is -0.235. The van der Waals surface area contributed by atoms with Crippen molar-refractivity contribution in [3.05, 3.63) is 65.5 Å². The van der Waals surface area contributed by atoms with Gasteiger partial charge >= 0.3 is 0 Å². The van der Waals surface area contributed by atoms with Crippen molar-refractivity contribution < 1.29 is 13.9 Å². The zero-order chi connectivity index (χ0) is 17.7. The van der Waals surface area contributed by atoms with E-state index < -0.39 is 0 Å². The molecule has 0 unspecified atom stereocenters. The van der Waals surface area contributed by atoms with Crippen molar-refractivity contribution in [2.24, 2.45) is 0 Å². The Labute approximate surface area is 162 Å². The molecular formula is C21H29ClFNO2. The van der Waals surface area contributed by atoms with Crippen LogP contribution in [0.3, 0.4) is 0 Å². The summed E-state index contributed by atoms with van der Waals surface area (Å²) in [5, 5.41) is 3.41. The van der Waals surface area contributed by atoms with Crippen LogP contribution in [0.1, 0.15) is 37.3 Å². The molecule has 3 nitrogen and oxygen atoms in total. The Balaban J connectivity index is 0.00000338. The fourth-order valence-electron chi connectivity index (χ4n) is 2.40. The number of halogens is 2. The Morgan fingerprint density at radius 1 is 1.00 bits per heavy atom. The first kappa shape index (κ1) is 22.4. The van der Waals surface area contributed by atoms with Crippen molar-refractivity contribution in [2.45, 2.75) is 39.3 Å².